The maximum absolute atomic E-state index is 12.3. The standard InChI is InChI=1S/C15H17N5O2S/c1-18-15(22)20-7-6-10-12(23-14(19-10)13(17)21)11(20)8-4-2-3-5-9(8)16/h2-5,11H,6-7,16H2,1H3,(H2,17,21)(H,18,22). The normalized spacial score (nSPS) is 16.7. The minimum absolute atomic E-state index is 0.196. The molecule has 2 aromatic rings. The molecule has 0 fully saturated rings. The third-order valence-corrected chi connectivity index (χ3v) is 5.02. The van der Waals surface area contributed by atoms with E-state index in [0.29, 0.717) is 18.7 Å². The number of nitrogens with zero attached hydrogens (tertiary/aromatic N) is 2. The summed E-state index contributed by atoms with van der Waals surface area (Å²) < 4.78 is 0. The van der Waals surface area contributed by atoms with E-state index in [1.807, 2.05) is 18.2 Å². The number of aromatic nitrogens is 1. The number of hydrogen-bond acceptors (Lipinski definition) is 5. The number of nitrogen functional groups attached to an aromatic ring is 1. The highest BCUT2D eigenvalue weighted by Crippen LogP contribution is 2.40. The summed E-state index contributed by atoms with van der Waals surface area (Å²) in [6.45, 7) is 0.494. The lowest BCUT2D eigenvalue weighted by Gasteiger charge is -2.35. The Morgan fingerprint density at radius 1 is 1.39 bits per heavy atom. The Balaban J connectivity index is 2.15. The second-order valence-electron chi connectivity index (χ2n) is 5.22. The lowest BCUT2D eigenvalue weighted by molar-refractivity contribution is 0.0999. The summed E-state index contributed by atoms with van der Waals surface area (Å²) in [6.07, 6.45) is 0.579. The van der Waals surface area contributed by atoms with E-state index < -0.39 is 5.91 Å². The number of benzene rings is 1. The summed E-state index contributed by atoms with van der Waals surface area (Å²) in [5.74, 6) is -0.560. The highest BCUT2D eigenvalue weighted by Gasteiger charge is 2.36. The van der Waals surface area contributed by atoms with Gasteiger partial charge in [-0.1, -0.05) is 18.2 Å². The van der Waals surface area contributed by atoms with Gasteiger partial charge in [0.15, 0.2) is 5.01 Å². The molecular formula is C15H17N5O2S. The fourth-order valence-corrected chi connectivity index (χ4v) is 3.89. The SMILES string of the molecule is CNC(=O)N1CCc2nc(C(N)=O)sc2C1c1ccccc1N. The Morgan fingerprint density at radius 3 is 2.78 bits per heavy atom. The smallest absolute Gasteiger partial charge is 0.317 e. The molecule has 0 saturated heterocycles. The zero-order valence-electron chi connectivity index (χ0n) is 12.6. The first-order chi connectivity index (χ1) is 11.0. The van der Waals surface area contributed by atoms with Crippen LogP contribution in [0.15, 0.2) is 24.3 Å². The van der Waals surface area contributed by atoms with Gasteiger partial charge in [0.25, 0.3) is 5.91 Å². The molecule has 0 radical (unpaired) electrons. The van der Waals surface area contributed by atoms with Crippen molar-refractivity contribution in [1.29, 1.82) is 0 Å². The molecule has 2 heterocycles. The van der Waals surface area contributed by atoms with Crippen LogP contribution in [0.5, 0.6) is 0 Å². The fraction of sp³-hybridized carbons (Fsp3) is 0.267. The van der Waals surface area contributed by atoms with E-state index in [-0.39, 0.29) is 17.1 Å². The van der Waals surface area contributed by atoms with Gasteiger partial charge in [0.05, 0.1) is 16.6 Å². The van der Waals surface area contributed by atoms with Crippen molar-refractivity contribution >= 4 is 29.0 Å². The molecule has 23 heavy (non-hydrogen) atoms. The van der Waals surface area contributed by atoms with Crippen molar-refractivity contribution in [3.05, 3.63) is 45.4 Å². The average Bonchev–Trinajstić information content (AvgIpc) is 2.98. The summed E-state index contributed by atoms with van der Waals surface area (Å²) in [4.78, 5) is 30.6. The number of primary amides is 1. The highest BCUT2D eigenvalue weighted by molar-refractivity contribution is 7.13. The number of para-hydroxylation sites is 1. The second kappa shape index (κ2) is 5.88. The van der Waals surface area contributed by atoms with Gasteiger partial charge >= 0.3 is 6.03 Å². The molecule has 1 aromatic carbocycles. The number of hydrogen-bond donors (Lipinski definition) is 3. The van der Waals surface area contributed by atoms with Gasteiger partial charge < -0.3 is 21.7 Å². The van der Waals surface area contributed by atoms with Gasteiger partial charge in [-0.05, 0) is 6.07 Å². The molecule has 8 heteroatoms. The molecule has 0 aliphatic carbocycles. The Hall–Kier alpha value is -2.61. The first-order valence-electron chi connectivity index (χ1n) is 7.15. The van der Waals surface area contributed by atoms with Gasteiger partial charge in [0.1, 0.15) is 0 Å². The lowest BCUT2D eigenvalue weighted by atomic mass is 9.96. The minimum Gasteiger partial charge on any atom is -0.398 e. The summed E-state index contributed by atoms with van der Waals surface area (Å²) in [6, 6.07) is 6.83. The number of nitrogens with one attached hydrogen (secondary N) is 1. The van der Waals surface area contributed by atoms with Crippen molar-refractivity contribution in [3.8, 4) is 0 Å². The van der Waals surface area contributed by atoms with Crippen molar-refractivity contribution in [2.75, 3.05) is 19.3 Å². The maximum Gasteiger partial charge on any atom is 0.317 e. The molecule has 7 nitrogen and oxygen atoms in total. The van der Waals surface area contributed by atoms with Crippen molar-refractivity contribution in [2.24, 2.45) is 5.73 Å². The average molecular weight is 331 g/mol. The van der Waals surface area contributed by atoms with Gasteiger partial charge in [-0.15, -0.1) is 11.3 Å². The first kappa shape index (κ1) is 15.3. The van der Waals surface area contributed by atoms with Crippen LogP contribution in [-0.4, -0.2) is 35.4 Å². The van der Waals surface area contributed by atoms with E-state index in [2.05, 4.69) is 10.3 Å². The number of rotatable bonds is 2. The van der Waals surface area contributed by atoms with E-state index in [4.69, 9.17) is 11.5 Å². The molecule has 120 valence electrons. The largest absolute Gasteiger partial charge is 0.398 e. The number of urea groups is 1. The van der Waals surface area contributed by atoms with E-state index in [1.54, 1.807) is 18.0 Å². The maximum atomic E-state index is 12.3. The molecule has 0 bridgehead atoms. The van der Waals surface area contributed by atoms with Gasteiger partial charge in [-0.2, -0.15) is 0 Å². The van der Waals surface area contributed by atoms with Gasteiger partial charge in [-0.25, -0.2) is 9.78 Å². The second-order valence-corrected chi connectivity index (χ2v) is 6.25. The summed E-state index contributed by atoms with van der Waals surface area (Å²) in [5.41, 5.74) is 13.7. The van der Waals surface area contributed by atoms with Crippen molar-refractivity contribution in [2.45, 2.75) is 12.5 Å². The van der Waals surface area contributed by atoms with Crippen molar-refractivity contribution in [1.82, 2.24) is 15.2 Å². The summed E-state index contributed by atoms with van der Waals surface area (Å²) in [5, 5.41) is 2.91. The molecule has 5 N–H and O–H groups in total. The van der Waals surface area contributed by atoms with E-state index in [0.717, 1.165) is 16.1 Å². The van der Waals surface area contributed by atoms with Crippen LogP contribution >= 0.6 is 11.3 Å². The molecule has 1 atom stereocenters. The fourth-order valence-electron chi connectivity index (χ4n) is 2.79. The Morgan fingerprint density at radius 2 is 2.13 bits per heavy atom. The molecule has 3 rings (SSSR count). The van der Waals surface area contributed by atoms with Crippen LogP contribution in [0.2, 0.25) is 0 Å². The van der Waals surface area contributed by atoms with Crippen LogP contribution in [0, 0.1) is 0 Å². The van der Waals surface area contributed by atoms with Gasteiger partial charge in [0.2, 0.25) is 0 Å². The van der Waals surface area contributed by atoms with Gasteiger partial charge in [0, 0.05) is 31.3 Å². The molecule has 1 aliphatic heterocycles. The first-order valence-corrected chi connectivity index (χ1v) is 7.96. The van der Waals surface area contributed by atoms with E-state index in [1.165, 1.54) is 11.3 Å². The van der Waals surface area contributed by atoms with E-state index in [9.17, 15) is 9.59 Å². The number of nitrogens with two attached hydrogens (primary N) is 2. The van der Waals surface area contributed by atoms with Crippen LogP contribution < -0.4 is 16.8 Å². The topological polar surface area (TPSA) is 114 Å². The van der Waals surface area contributed by atoms with Crippen molar-refractivity contribution < 1.29 is 9.59 Å². The zero-order valence-corrected chi connectivity index (χ0v) is 13.4. The molecule has 0 saturated carbocycles. The highest BCUT2D eigenvalue weighted by atomic mass is 32.1. The molecule has 1 aliphatic rings. The number of fused-ring (bicyclic) bond motifs is 1. The molecule has 0 spiro atoms. The number of anilines is 1. The monoisotopic (exact) mass is 331 g/mol. The summed E-state index contributed by atoms with van der Waals surface area (Å²) >= 11 is 1.22. The van der Waals surface area contributed by atoms with Gasteiger partial charge in [-0.3, -0.25) is 4.79 Å². The number of carbonyl (C=O) groups is 2. The molecule has 1 unspecified atom stereocenters. The predicted octanol–water partition coefficient (Wildman–Crippen LogP) is 1.11. The van der Waals surface area contributed by atoms with Crippen LogP contribution in [0.1, 0.15) is 32.0 Å². The zero-order chi connectivity index (χ0) is 16.6. The number of amides is 3. The quantitative estimate of drug-likeness (QED) is 0.715. The Bertz CT molecular complexity index is 773. The lowest BCUT2D eigenvalue weighted by Crippen LogP contribution is -2.44. The molecule has 3 amide bonds. The van der Waals surface area contributed by atoms with E-state index >= 15 is 0 Å². The Labute approximate surface area is 137 Å². The number of thiazole rings is 1. The summed E-state index contributed by atoms with van der Waals surface area (Å²) in [7, 11) is 1.59. The van der Waals surface area contributed by atoms with Crippen LogP contribution in [0.4, 0.5) is 10.5 Å². The van der Waals surface area contributed by atoms with Crippen molar-refractivity contribution in [3.63, 3.8) is 0 Å². The van der Waals surface area contributed by atoms with Crippen LogP contribution in [0.25, 0.3) is 0 Å². The Kier molecular flexibility index (Phi) is 3.91. The van der Waals surface area contributed by atoms with Crippen LogP contribution in [-0.2, 0) is 6.42 Å². The molecular weight excluding hydrogens is 314 g/mol. The third kappa shape index (κ3) is 2.61. The minimum atomic E-state index is -0.560. The number of carbonyl (C=O) groups excluding carboxylic acids is 2. The predicted molar refractivity (Wildman–Crippen MR) is 88.2 cm³/mol. The van der Waals surface area contributed by atoms with Crippen LogP contribution in [0.3, 0.4) is 0 Å². The third-order valence-electron chi connectivity index (χ3n) is 3.85. The molecule has 1 aromatic heterocycles.